The maximum absolute atomic E-state index is 12.6. The van der Waals surface area contributed by atoms with Crippen molar-refractivity contribution in [1.82, 2.24) is 15.1 Å². The van der Waals surface area contributed by atoms with Crippen molar-refractivity contribution in [2.45, 2.75) is 12.7 Å². The monoisotopic (exact) mass is 283 g/mol. The zero-order valence-corrected chi connectivity index (χ0v) is 10.6. The number of aromatic nitrogens is 2. The SMILES string of the molecule is Cn1nccc1CNC(=O)c1cccc(C(F)(F)F)c1. The molecule has 0 fully saturated rings. The van der Waals surface area contributed by atoms with Gasteiger partial charge in [-0.15, -0.1) is 0 Å². The summed E-state index contributed by atoms with van der Waals surface area (Å²) in [5.74, 6) is -0.558. The highest BCUT2D eigenvalue weighted by atomic mass is 19.4. The third-order valence-electron chi connectivity index (χ3n) is 2.80. The largest absolute Gasteiger partial charge is 0.416 e. The number of benzene rings is 1. The van der Waals surface area contributed by atoms with E-state index < -0.39 is 17.6 Å². The Balaban J connectivity index is 2.08. The van der Waals surface area contributed by atoms with E-state index in [0.29, 0.717) is 0 Å². The fourth-order valence-electron chi connectivity index (χ4n) is 1.68. The molecular formula is C13H12F3N3O. The molecule has 1 aromatic carbocycles. The van der Waals surface area contributed by atoms with Crippen LogP contribution < -0.4 is 5.32 Å². The van der Waals surface area contributed by atoms with Crippen molar-refractivity contribution >= 4 is 5.91 Å². The van der Waals surface area contributed by atoms with E-state index >= 15 is 0 Å². The highest BCUT2D eigenvalue weighted by Gasteiger charge is 2.30. The third kappa shape index (κ3) is 3.17. The summed E-state index contributed by atoms with van der Waals surface area (Å²) in [5, 5.41) is 6.48. The molecule has 0 aliphatic carbocycles. The van der Waals surface area contributed by atoms with E-state index in [2.05, 4.69) is 10.4 Å². The zero-order valence-electron chi connectivity index (χ0n) is 10.6. The van der Waals surface area contributed by atoms with Crippen molar-refractivity contribution in [2.24, 2.45) is 7.05 Å². The van der Waals surface area contributed by atoms with Crippen LogP contribution in [0.5, 0.6) is 0 Å². The smallest absolute Gasteiger partial charge is 0.346 e. The predicted octanol–water partition coefficient (Wildman–Crippen LogP) is 2.37. The van der Waals surface area contributed by atoms with Gasteiger partial charge in [0, 0.05) is 18.8 Å². The number of nitrogens with one attached hydrogen (secondary N) is 1. The summed E-state index contributed by atoms with van der Waals surface area (Å²) in [4.78, 5) is 11.8. The minimum atomic E-state index is -4.46. The number of amides is 1. The summed E-state index contributed by atoms with van der Waals surface area (Å²) < 4.78 is 39.2. The maximum Gasteiger partial charge on any atom is 0.416 e. The lowest BCUT2D eigenvalue weighted by molar-refractivity contribution is -0.137. The highest BCUT2D eigenvalue weighted by molar-refractivity contribution is 5.94. The second-order valence-corrected chi connectivity index (χ2v) is 4.21. The third-order valence-corrected chi connectivity index (χ3v) is 2.80. The Bertz CT molecular complexity index is 619. The normalized spacial score (nSPS) is 11.4. The average Bonchev–Trinajstić information content (AvgIpc) is 2.81. The molecule has 1 aromatic heterocycles. The minimum Gasteiger partial charge on any atom is -0.346 e. The molecule has 2 rings (SSSR count). The van der Waals surface area contributed by atoms with Crippen LogP contribution in [0.15, 0.2) is 36.5 Å². The van der Waals surface area contributed by atoms with Crippen LogP contribution in [-0.4, -0.2) is 15.7 Å². The number of hydrogen-bond acceptors (Lipinski definition) is 2. The number of hydrogen-bond donors (Lipinski definition) is 1. The number of carbonyl (C=O) groups is 1. The molecule has 4 nitrogen and oxygen atoms in total. The molecular weight excluding hydrogens is 271 g/mol. The van der Waals surface area contributed by atoms with Crippen molar-refractivity contribution < 1.29 is 18.0 Å². The molecule has 0 bridgehead atoms. The molecule has 1 amide bonds. The maximum atomic E-state index is 12.6. The van der Waals surface area contributed by atoms with Gasteiger partial charge in [0.2, 0.25) is 0 Å². The molecule has 7 heteroatoms. The van der Waals surface area contributed by atoms with Gasteiger partial charge >= 0.3 is 6.18 Å². The molecule has 0 radical (unpaired) electrons. The van der Waals surface area contributed by atoms with Crippen LogP contribution in [0.4, 0.5) is 13.2 Å². The van der Waals surface area contributed by atoms with Gasteiger partial charge in [-0.1, -0.05) is 6.07 Å². The number of halogens is 3. The molecule has 0 spiro atoms. The van der Waals surface area contributed by atoms with E-state index in [1.54, 1.807) is 24.0 Å². The molecule has 0 atom stereocenters. The van der Waals surface area contributed by atoms with Gasteiger partial charge in [0.15, 0.2) is 0 Å². The van der Waals surface area contributed by atoms with E-state index in [1.807, 2.05) is 0 Å². The molecule has 106 valence electrons. The molecule has 0 aliphatic heterocycles. The quantitative estimate of drug-likeness (QED) is 0.940. The standard InChI is InChI=1S/C13H12F3N3O/c1-19-11(5-6-18-19)8-17-12(20)9-3-2-4-10(7-9)13(14,15)16/h2-7H,8H2,1H3,(H,17,20). The fourth-order valence-corrected chi connectivity index (χ4v) is 1.68. The summed E-state index contributed by atoms with van der Waals surface area (Å²) in [7, 11) is 1.71. The predicted molar refractivity (Wildman–Crippen MR) is 65.8 cm³/mol. The zero-order chi connectivity index (χ0) is 14.8. The van der Waals surface area contributed by atoms with Crippen LogP contribution in [0.2, 0.25) is 0 Å². The number of alkyl halides is 3. The van der Waals surface area contributed by atoms with Crippen molar-refractivity contribution in [3.63, 3.8) is 0 Å². The van der Waals surface area contributed by atoms with E-state index in [4.69, 9.17) is 0 Å². The molecule has 0 saturated carbocycles. The molecule has 1 N–H and O–H groups in total. The van der Waals surface area contributed by atoms with Gasteiger partial charge in [0.05, 0.1) is 17.8 Å². The van der Waals surface area contributed by atoms with Crippen LogP contribution in [0.25, 0.3) is 0 Å². The second-order valence-electron chi connectivity index (χ2n) is 4.21. The Morgan fingerprint density at radius 3 is 2.70 bits per heavy atom. The van der Waals surface area contributed by atoms with Crippen molar-refractivity contribution in [1.29, 1.82) is 0 Å². The van der Waals surface area contributed by atoms with Crippen molar-refractivity contribution in [3.8, 4) is 0 Å². The molecule has 0 aliphatic rings. The summed E-state index contributed by atoms with van der Waals surface area (Å²) >= 11 is 0. The van der Waals surface area contributed by atoms with Crippen LogP contribution in [0.3, 0.4) is 0 Å². The Kier molecular flexibility index (Phi) is 3.78. The summed E-state index contributed by atoms with van der Waals surface area (Å²) in [6.07, 6.45) is -2.88. The van der Waals surface area contributed by atoms with E-state index in [1.165, 1.54) is 12.1 Å². The molecule has 1 heterocycles. The molecule has 0 saturated heterocycles. The lowest BCUT2D eigenvalue weighted by Crippen LogP contribution is -2.24. The Morgan fingerprint density at radius 2 is 2.10 bits per heavy atom. The second kappa shape index (κ2) is 5.36. The number of aryl methyl sites for hydroxylation is 1. The van der Waals surface area contributed by atoms with Gasteiger partial charge in [-0.2, -0.15) is 18.3 Å². The van der Waals surface area contributed by atoms with Gasteiger partial charge in [0.1, 0.15) is 0 Å². The summed E-state index contributed by atoms with van der Waals surface area (Å²) in [5.41, 5.74) is -0.113. The van der Waals surface area contributed by atoms with Crippen LogP contribution in [-0.2, 0) is 19.8 Å². The van der Waals surface area contributed by atoms with Gasteiger partial charge < -0.3 is 5.32 Å². The summed E-state index contributed by atoms with van der Waals surface area (Å²) in [6.45, 7) is 0.200. The van der Waals surface area contributed by atoms with Gasteiger partial charge in [0.25, 0.3) is 5.91 Å². The van der Waals surface area contributed by atoms with Crippen LogP contribution >= 0.6 is 0 Å². The Labute approximate surface area is 113 Å². The first kappa shape index (κ1) is 14.1. The van der Waals surface area contributed by atoms with Crippen molar-refractivity contribution in [3.05, 3.63) is 53.3 Å². The molecule has 2 aromatic rings. The molecule has 20 heavy (non-hydrogen) atoms. The Morgan fingerprint density at radius 1 is 1.35 bits per heavy atom. The topological polar surface area (TPSA) is 46.9 Å². The number of nitrogens with zero attached hydrogens (tertiary/aromatic N) is 2. The first-order valence-corrected chi connectivity index (χ1v) is 5.80. The van der Waals surface area contributed by atoms with E-state index in [9.17, 15) is 18.0 Å². The van der Waals surface area contributed by atoms with Crippen LogP contribution in [0, 0.1) is 0 Å². The first-order chi connectivity index (χ1) is 9.38. The lowest BCUT2D eigenvalue weighted by atomic mass is 10.1. The first-order valence-electron chi connectivity index (χ1n) is 5.80. The average molecular weight is 283 g/mol. The van der Waals surface area contributed by atoms with Gasteiger partial charge in [-0.3, -0.25) is 9.48 Å². The lowest BCUT2D eigenvalue weighted by Gasteiger charge is -2.09. The van der Waals surface area contributed by atoms with Crippen LogP contribution in [0.1, 0.15) is 21.6 Å². The van der Waals surface area contributed by atoms with Gasteiger partial charge in [-0.05, 0) is 24.3 Å². The number of carbonyl (C=O) groups excluding carboxylic acids is 1. The van der Waals surface area contributed by atoms with E-state index in [0.717, 1.165) is 17.8 Å². The van der Waals surface area contributed by atoms with Gasteiger partial charge in [-0.25, -0.2) is 0 Å². The van der Waals surface area contributed by atoms with E-state index in [-0.39, 0.29) is 12.1 Å². The fraction of sp³-hybridized carbons (Fsp3) is 0.231. The summed E-state index contributed by atoms with van der Waals surface area (Å²) in [6, 6.07) is 6.03. The Hall–Kier alpha value is -2.31. The highest BCUT2D eigenvalue weighted by Crippen LogP contribution is 2.29. The van der Waals surface area contributed by atoms with Crippen molar-refractivity contribution in [2.75, 3.05) is 0 Å². The minimum absolute atomic E-state index is 0.0259. The molecule has 0 unspecified atom stereocenters. The number of rotatable bonds is 3.